The van der Waals surface area contributed by atoms with Crippen LogP contribution in [-0.2, 0) is 6.54 Å². The highest BCUT2D eigenvalue weighted by Crippen LogP contribution is 2.29. The molecule has 0 atom stereocenters. The molecule has 1 N–H and O–H groups in total. The van der Waals surface area contributed by atoms with Crippen molar-refractivity contribution in [2.75, 3.05) is 5.32 Å². The van der Waals surface area contributed by atoms with Crippen LogP contribution in [-0.4, -0.2) is 4.98 Å². The lowest BCUT2D eigenvalue weighted by atomic mass is 10.1. The molecule has 0 bridgehead atoms. The van der Waals surface area contributed by atoms with Crippen molar-refractivity contribution in [2.24, 2.45) is 0 Å². The highest BCUT2D eigenvalue weighted by molar-refractivity contribution is 6.36. The number of anilines is 1. The first kappa shape index (κ1) is 14.5. The van der Waals surface area contributed by atoms with E-state index in [1.807, 2.05) is 42.5 Å². The third kappa shape index (κ3) is 3.08. The summed E-state index contributed by atoms with van der Waals surface area (Å²) >= 11 is 18.5. The quantitative estimate of drug-likeness (QED) is 0.652. The van der Waals surface area contributed by atoms with Crippen molar-refractivity contribution in [2.45, 2.75) is 6.54 Å². The van der Waals surface area contributed by atoms with E-state index in [1.54, 1.807) is 6.20 Å². The topological polar surface area (TPSA) is 24.9 Å². The lowest BCUT2D eigenvalue weighted by Crippen LogP contribution is -2.02. The monoisotopic (exact) mass is 336 g/mol. The van der Waals surface area contributed by atoms with E-state index < -0.39 is 0 Å². The van der Waals surface area contributed by atoms with Crippen molar-refractivity contribution >= 4 is 51.4 Å². The van der Waals surface area contributed by atoms with E-state index in [2.05, 4.69) is 10.3 Å². The van der Waals surface area contributed by atoms with Gasteiger partial charge in [-0.25, -0.2) is 0 Å². The minimum absolute atomic E-state index is 0.504. The molecule has 0 saturated carbocycles. The van der Waals surface area contributed by atoms with Gasteiger partial charge in [-0.15, -0.1) is 0 Å². The summed E-state index contributed by atoms with van der Waals surface area (Å²) in [6.45, 7) is 0.504. The minimum atomic E-state index is 0.504. The normalized spacial score (nSPS) is 10.8. The number of pyridine rings is 1. The summed E-state index contributed by atoms with van der Waals surface area (Å²) in [5, 5.41) is 6.22. The van der Waals surface area contributed by atoms with E-state index in [9.17, 15) is 0 Å². The number of halogens is 3. The van der Waals surface area contributed by atoms with Gasteiger partial charge in [-0.2, -0.15) is 0 Å². The summed E-state index contributed by atoms with van der Waals surface area (Å²) in [6.07, 6.45) is 1.75. The number of nitrogens with one attached hydrogen (secondary N) is 1. The lowest BCUT2D eigenvalue weighted by Gasteiger charge is -2.12. The Morgan fingerprint density at radius 2 is 1.71 bits per heavy atom. The van der Waals surface area contributed by atoms with Crippen LogP contribution in [0, 0.1) is 0 Å². The largest absolute Gasteiger partial charge is 0.379 e. The van der Waals surface area contributed by atoms with Gasteiger partial charge in [0.25, 0.3) is 0 Å². The van der Waals surface area contributed by atoms with E-state index in [-0.39, 0.29) is 0 Å². The number of fused-ring (bicyclic) bond motifs is 1. The number of benzene rings is 2. The summed E-state index contributed by atoms with van der Waals surface area (Å²) in [5.41, 5.74) is 2.57. The second-order valence-corrected chi connectivity index (χ2v) is 5.83. The molecular formula is C16H11Cl3N2. The molecule has 5 heteroatoms. The Balaban J connectivity index is 1.95. The molecule has 2 nitrogen and oxygen atoms in total. The molecule has 1 heterocycles. The standard InChI is InChI=1S/C16H11Cl3N2/c17-11-7-10-3-2-6-20-16(10)15(8-11)21-9-12-13(18)4-1-5-14(12)19/h1-8,21H,9H2. The van der Waals surface area contributed by atoms with Crippen LogP contribution in [0.3, 0.4) is 0 Å². The second kappa shape index (κ2) is 6.10. The summed E-state index contributed by atoms with van der Waals surface area (Å²) < 4.78 is 0. The molecule has 106 valence electrons. The number of aromatic nitrogens is 1. The second-order valence-electron chi connectivity index (χ2n) is 4.58. The molecular weight excluding hydrogens is 327 g/mol. The van der Waals surface area contributed by atoms with Gasteiger partial charge in [-0.05, 0) is 30.3 Å². The third-order valence-electron chi connectivity index (χ3n) is 3.19. The molecule has 21 heavy (non-hydrogen) atoms. The maximum atomic E-state index is 6.18. The molecule has 0 radical (unpaired) electrons. The molecule has 0 amide bonds. The first-order valence-electron chi connectivity index (χ1n) is 6.36. The molecule has 0 fully saturated rings. The Bertz CT molecular complexity index is 782. The fourth-order valence-electron chi connectivity index (χ4n) is 2.18. The van der Waals surface area contributed by atoms with E-state index in [1.165, 1.54) is 0 Å². The zero-order chi connectivity index (χ0) is 14.8. The Labute approximate surface area is 137 Å². The van der Waals surface area contributed by atoms with Crippen LogP contribution >= 0.6 is 34.8 Å². The molecule has 2 aromatic carbocycles. The van der Waals surface area contributed by atoms with Gasteiger partial charge in [0.1, 0.15) is 0 Å². The van der Waals surface area contributed by atoms with Crippen LogP contribution in [0.2, 0.25) is 15.1 Å². The summed E-state index contributed by atoms with van der Waals surface area (Å²) in [4.78, 5) is 4.39. The first-order valence-corrected chi connectivity index (χ1v) is 7.49. The van der Waals surface area contributed by atoms with Crippen molar-refractivity contribution in [1.82, 2.24) is 4.98 Å². The molecule has 3 rings (SSSR count). The van der Waals surface area contributed by atoms with Crippen molar-refractivity contribution in [3.05, 3.63) is 69.3 Å². The average molecular weight is 338 g/mol. The van der Waals surface area contributed by atoms with Gasteiger partial charge in [0, 0.05) is 38.8 Å². The Hall–Kier alpha value is -1.48. The van der Waals surface area contributed by atoms with Crippen LogP contribution in [0.1, 0.15) is 5.56 Å². The highest BCUT2D eigenvalue weighted by atomic mass is 35.5. The van der Waals surface area contributed by atoms with Crippen molar-refractivity contribution in [1.29, 1.82) is 0 Å². The predicted molar refractivity (Wildman–Crippen MR) is 90.5 cm³/mol. The molecule has 0 aliphatic carbocycles. The molecule has 1 aromatic heterocycles. The minimum Gasteiger partial charge on any atom is -0.379 e. The molecule has 3 aromatic rings. The van der Waals surface area contributed by atoms with Crippen LogP contribution in [0.5, 0.6) is 0 Å². The fourth-order valence-corrected chi connectivity index (χ4v) is 2.93. The van der Waals surface area contributed by atoms with Crippen LogP contribution in [0.25, 0.3) is 10.9 Å². The summed E-state index contributed by atoms with van der Waals surface area (Å²) in [5.74, 6) is 0. The number of hydrogen-bond acceptors (Lipinski definition) is 2. The number of hydrogen-bond donors (Lipinski definition) is 1. The van der Waals surface area contributed by atoms with Gasteiger partial charge in [-0.1, -0.05) is 46.9 Å². The van der Waals surface area contributed by atoms with Crippen LogP contribution in [0.4, 0.5) is 5.69 Å². The van der Waals surface area contributed by atoms with E-state index in [0.717, 1.165) is 22.2 Å². The number of rotatable bonds is 3. The molecule has 0 aliphatic heterocycles. The Morgan fingerprint density at radius 3 is 2.48 bits per heavy atom. The summed E-state index contributed by atoms with van der Waals surface area (Å²) in [6, 6.07) is 13.1. The molecule has 0 aliphatic rings. The van der Waals surface area contributed by atoms with Gasteiger partial charge in [0.05, 0.1) is 11.2 Å². The maximum Gasteiger partial charge on any atom is 0.0934 e. The van der Waals surface area contributed by atoms with E-state index >= 15 is 0 Å². The van der Waals surface area contributed by atoms with Gasteiger partial charge in [0.2, 0.25) is 0 Å². The molecule has 0 saturated heterocycles. The average Bonchev–Trinajstić information content (AvgIpc) is 2.46. The maximum absolute atomic E-state index is 6.18. The number of nitrogens with zero attached hydrogens (tertiary/aromatic N) is 1. The lowest BCUT2D eigenvalue weighted by molar-refractivity contribution is 1.15. The van der Waals surface area contributed by atoms with Crippen LogP contribution in [0.15, 0.2) is 48.7 Å². The molecule has 0 spiro atoms. The zero-order valence-corrected chi connectivity index (χ0v) is 13.2. The van der Waals surface area contributed by atoms with Crippen molar-refractivity contribution in [3.8, 4) is 0 Å². The summed E-state index contributed by atoms with van der Waals surface area (Å²) in [7, 11) is 0. The van der Waals surface area contributed by atoms with E-state index in [0.29, 0.717) is 21.6 Å². The SMILES string of the molecule is Clc1cc(NCc2c(Cl)cccc2Cl)c2ncccc2c1. The predicted octanol–water partition coefficient (Wildman–Crippen LogP) is 5.81. The highest BCUT2D eigenvalue weighted by Gasteiger charge is 2.08. The molecule has 0 unspecified atom stereocenters. The van der Waals surface area contributed by atoms with Crippen LogP contribution < -0.4 is 5.32 Å². The van der Waals surface area contributed by atoms with Gasteiger partial charge >= 0.3 is 0 Å². The van der Waals surface area contributed by atoms with Gasteiger partial charge < -0.3 is 5.32 Å². The van der Waals surface area contributed by atoms with Gasteiger partial charge in [0.15, 0.2) is 0 Å². The van der Waals surface area contributed by atoms with Crippen molar-refractivity contribution in [3.63, 3.8) is 0 Å². The van der Waals surface area contributed by atoms with Crippen molar-refractivity contribution < 1.29 is 0 Å². The van der Waals surface area contributed by atoms with E-state index in [4.69, 9.17) is 34.8 Å². The fraction of sp³-hybridized carbons (Fsp3) is 0.0625. The zero-order valence-electron chi connectivity index (χ0n) is 10.9. The Kier molecular flexibility index (Phi) is 4.20. The smallest absolute Gasteiger partial charge is 0.0934 e. The van der Waals surface area contributed by atoms with Gasteiger partial charge in [-0.3, -0.25) is 4.98 Å². The third-order valence-corrected chi connectivity index (χ3v) is 4.11. The first-order chi connectivity index (χ1) is 10.1. The Morgan fingerprint density at radius 1 is 0.952 bits per heavy atom.